The summed E-state index contributed by atoms with van der Waals surface area (Å²) in [5, 5.41) is 0. The summed E-state index contributed by atoms with van der Waals surface area (Å²) < 4.78 is 13.6. The van der Waals surface area contributed by atoms with Crippen LogP contribution < -0.4 is 5.73 Å². The first-order chi connectivity index (χ1) is 7.24. The number of hydrogen-bond acceptors (Lipinski definition) is 2. The Balaban J connectivity index is 2.96. The van der Waals surface area contributed by atoms with Crippen molar-refractivity contribution in [2.75, 3.05) is 19.6 Å². The zero-order chi connectivity index (χ0) is 11.3. The average Bonchev–Trinajstić information content (AvgIpc) is 2.27. The predicted molar refractivity (Wildman–Crippen MR) is 61.1 cm³/mol. The lowest BCUT2D eigenvalue weighted by atomic mass is 10.0. The quantitative estimate of drug-likeness (QED) is 0.807. The molecule has 0 aliphatic rings. The number of rotatable bonds is 5. The van der Waals surface area contributed by atoms with Crippen molar-refractivity contribution in [2.45, 2.75) is 19.9 Å². The monoisotopic (exact) mass is 210 g/mol. The number of hydrogen-bond donors (Lipinski definition) is 1. The third-order valence-electron chi connectivity index (χ3n) is 2.74. The Morgan fingerprint density at radius 1 is 1.27 bits per heavy atom. The van der Waals surface area contributed by atoms with E-state index in [1.807, 2.05) is 12.1 Å². The Hall–Kier alpha value is -0.930. The summed E-state index contributed by atoms with van der Waals surface area (Å²) in [4.78, 5) is 2.17. The summed E-state index contributed by atoms with van der Waals surface area (Å²) in [6, 6.07) is 6.84. The van der Waals surface area contributed by atoms with Crippen LogP contribution in [0.15, 0.2) is 24.3 Å². The van der Waals surface area contributed by atoms with Gasteiger partial charge in [0.1, 0.15) is 5.82 Å². The van der Waals surface area contributed by atoms with Crippen LogP contribution in [0.25, 0.3) is 0 Å². The third-order valence-corrected chi connectivity index (χ3v) is 2.74. The van der Waals surface area contributed by atoms with E-state index in [1.165, 1.54) is 6.07 Å². The lowest BCUT2D eigenvalue weighted by Crippen LogP contribution is -2.34. The number of nitrogens with zero attached hydrogens (tertiary/aromatic N) is 1. The maximum absolute atomic E-state index is 13.6. The number of benzene rings is 1. The second-order valence-electron chi connectivity index (χ2n) is 3.49. The van der Waals surface area contributed by atoms with Crippen LogP contribution in [0.5, 0.6) is 0 Å². The second kappa shape index (κ2) is 5.83. The Kier molecular flexibility index (Phi) is 4.72. The zero-order valence-electron chi connectivity index (χ0n) is 9.41. The van der Waals surface area contributed by atoms with Crippen molar-refractivity contribution in [1.82, 2.24) is 4.90 Å². The van der Waals surface area contributed by atoms with E-state index in [-0.39, 0.29) is 11.9 Å². The summed E-state index contributed by atoms with van der Waals surface area (Å²) in [6.07, 6.45) is 0. The van der Waals surface area contributed by atoms with Crippen molar-refractivity contribution in [2.24, 2.45) is 5.73 Å². The van der Waals surface area contributed by atoms with Crippen molar-refractivity contribution >= 4 is 0 Å². The highest BCUT2D eigenvalue weighted by molar-refractivity contribution is 5.21. The minimum absolute atomic E-state index is 0.0128. The van der Waals surface area contributed by atoms with E-state index in [2.05, 4.69) is 18.7 Å². The molecule has 1 aromatic rings. The fourth-order valence-corrected chi connectivity index (χ4v) is 1.88. The van der Waals surface area contributed by atoms with Gasteiger partial charge in [0.2, 0.25) is 0 Å². The fraction of sp³-hybridized carbons (Fsp3) is 0.500. The molecule has 0 radical (unpaired) electrons. The maximum Gasteiger partial charge on any atom is 0.128 e. The average molecular weight is 210 g/mol. The topological polar surface area (TPSA) is 29.3 Å². The molecule has 0 aromatic heterocycles. The van der Waals surface area contributed by atoms with Gasteiger partial charge in [0.25, 0.3) is 0 Å². The van der Waals surface area contributed by atoms with Crippen LogP contribution in [0.2, 0.25) is 0 Å². The van der Waals surface area contributed by atoms with Gasteiger partial charge in [-0.3, -0.25) is 4.90 Å². The van der Waals surface area contributed by atoms with E-state index in [0.29, 0.717) is 12.1 Å². The predicted octanol–water partition coefficient (Wildman–Crippen LogP) is 2.17. The number of nitrogens with two attached hydrogens (primary N) is 1. The second-order valence-corrected chi connectivity index (χ2v) is 3.49. The molecule has 15 heavy (non-hydrogen) atoms. The lowest BCUT2D eigenvalue weighted by molar-refractivity contribution is 0.219. The van der Waals surface area contributed by atoms with E-state index >= 15 is 0 Å². The molecule has 0 aliphatic carbocycles. The summed E-state index contributed by atoms with van der Waals surface area (Å²) >= 11 is 0. The van der Waals surface area contributed by atoms with Crippen LogP contribution in [-0.2, 0) is 0 Å². The van der Waals surface area contributed by atoms with Crippen molar-refractivity contribution in [3.05, 3.63) is 35.6 Å². The number of likely N-dealkylation sites (N-methyl/N-ethyl adjacent to an activating group) is 1. The molecule has 2 N–H and O–H groups in total. The molecular formula is C12H19FN2. The smallest absolute Gasteiger partial charge is 0.128 e. The third kappa shape index (κ3) is 2.76. The summed E-state index contributed by atoms with van der Waals surface area (Å²) in [5.74, 6) is -0.167. The fourth-order valence-electron chi connectivity index (χ4n) is 1.88. The first kappa shape index (κ1) is 12.1. The highest BCUT2D eigenvalue weighted by Crippen LogP contribution is 2.21. The largest absolute Gasteiger partial charge is 0.329 e. The van der Waals surface area contributed by atoms with Gasteiger partial charge in [0.15, 0.2) is 0 Å². The molecule has 1 rings (SSSR count). The molecule has 84 valence electrons. The standard InChI is InChI=1S/C12H19FN2/c1-3-15(4-2)12(9-14)10-7-5-6-8-11(10)13/h5-8,12H,3-4,9,14H2,1-2H3/t12-/m0/s1. The molecule has 0 unspecified atom stereocenters. The van der Waals surface area contributed by atoms with Gasteiger partial charge in [-0.15, -0.1) is 0 Å². The van der Waals surface area contributed by atoms with Gasteiger partial charge in [0, 0.05) is 18.2 Å². The molecule has 0 saturated heterocycles. The summed E-state index contributed by atoms with van der Waals surface area (Å²) in [6.45, 7) is 6.34. The summed E-state index contributed by atoms with van der Waals surface area (Å²) in [7, 11) is 0. The maximum atomic E-state index is 13.6. The van der Waals surface area contributed by atoms with Crippen LogP contribution in [0.4, 0.5) is 4.39 Å². The van der Waals surface area contributed by atoms with Crippen LogP contribution in [0, 0.1) is 5.82 Å². The van der Waals surface area contributed by atoms with Gasteiger partial charge in [-0.2, -0.15) is 0 Å². The molecule has 1 atom stereocenters. The minimum atomic E-state index is -0.167. The van der Waals surface area contributed by atoms with E-state index in [0.717, 1.165) is 13.1 Å². The van der Waals surface area contributed by atoms with Crippen molar-refractivity contribution < 1.29 is 4.39 Å². The molecule has 0 fully saturated rings. The Morgan fingerprint density at radius 2 is 1.87 bits per heavy atom. The first-order valence-corrected chi connectivity index (χ1v) is 5.43. The minimum Gasteiger partial charge on any atom is -0.329 e. The van der Waals surface area contributed by atoms with Crippen LogP contribution in [0.3, 0.4) is 0 Å². The van der Waals surface area contributed by atoms with Crippen LogP contribution in [-0.4, -0.2) is 24.5 Å². The molecule has 3 heteroatoms. The van der Waals surface area contributed by atoms with Crippen LogP contribution >= 0.6 is 0 Å². The molecule has 0 bridgehead atoms. The van der Waals surface area contributed by atoms with Gasteiger partial charge in [-0.1, -0.05) is 32.0 Å². The molecule has 1 aromatic carbocycles. The van der Waals surface area contributed by atoms with E-state index in [4.69, 9.17) is 5.73 Å². The normalized spacial score (nSPS) is 13.1. The molecular weight excluding hydrogens is 191 g/mol. The van der Waals surface area contributed by atoms with Gasteiger partial charge < -0.3 is 5.73 Å². The van der Waals surface area contributed by atoms with Crippen molar-refractivity contribution in [3.8, 4) is 0 Å². The Labute approximate surface area is 90.9 Å². The Morgan fingerprint density at radius 3 is 2.33 bits per heavy atom. The van der Waals surface area contributed by atoms with E-state index in [9.17, 15) is 4.39 Å². The molecule has 0 aliphatic heterocycles. The Bertz CT molecular complexity index is 297. The molecule has 0 heterocycles. The number of halogens is 1. The van der Waals surface area contributed by atoms with Crippen molar-refractivity contribution in [3.63, 3.8) is 0 Å². The van der Waals surface area contributed by atoms with Crippen LogP contribution in [0.1, 0.15) is 25.5 Å². The van der Waals surface area contributed by atoms with Crippen molar-refractivity contribution in [1.29, 1.82) is 0 Å². The zero-order valence-corrected chi connectivity index (χ0v) is 9.41. The van der Waals surface area contributed by atoms with Gasteiger partial charge in [-0.05, 0) is 19.2 Å². The summed E-state index contributed by atoms with van der Waals surface area (Å²) in [5.41, 5.74) is 6.42. The molecule has 0 spiro atoms. The van der Waals surface area contributed by atoms with E-state index < -0.39 is 0 Å². The van der Waals surface area contributed by atoms with Gasteiger partial charge in [-0.25, -0.2) is 4.39 Å². The highest BCUT2D eigenvalue weighted by Gasteiger charge is 2.18. The first-order valence-electron chi connectivity index (χ1n) is 5.43. The van der Waals surface area contributed by atoms with E-state index in [1.54, 1.807) is 6.07 Å². The highest BCUT2D eigenvalue weighted by atomic mass is 19.1. The lowest BCUT2D eigenvalue weighted by Gasteiger charge is -2.29. The molecule has 2 nitrogen and oxygen atoms in total. The van der Waals surface area contributed by atoms with Gasteiger partial charge >= 0.3 is 0 Å². The SMILES string of the molecule is CCN(CC)[C@@H](CN)c1ccccc1F. The molecule has 0 saturated carbocycles. The van der Waals surface area contributed by atoms with Gasteiger partial charge in [0.05, 0.1) is 0 Å². The molecule has 0 amide bonds.